The first-order valence-corrected chi connectivity index (χ1v) is 9.40. The van der Waals surface area contributed by atoms with E-state index in [4.69, 9.17) is 9.97 Å². The molecule has 2 fully saturated rings. The molecule has 2 atom stereocenters. The summed E-state index contributed by atoms with van der Waals surface area (Å²) in [6, 6.07) is 6.12. The van der Waals surface area contributed by atoms with Gasteiger partial charge in [0, 0.05) is 23.4 Å². The third-order valence-electron chi connectivity index (χ3n) is 6.13. The topological polar surface area (TPSA) is 54.9 Å². The molecule has 1 amide bonds. The Balaban J connectivity index is 1.44. The second-order valence-electron chi connectivity index (χ2n) is 7.71. The van der Waals surface area contributed by atoms with Crippen molar-refractivity contribution in [2.45, 2.75) is 69.2 Å². The van der Waals surface area contributed by atoms with Gasteiger partial charge in [-0.2, -0.15) is 0 Å². The van der Waals surface area contributed by atoms with Crippen LogP contribution in [0, 0.1) is 0 Å². The summed E-state index contributed by atoms with van der Waals surface area (Å²) in [6.45, 7) is 0. The lowest BCUT2D eigenvalue weighted by atomic mass is 9.95. The molecule has 2 aromatic rings. The Kier molecular flexibility index (Phi) is 3.32. The number of nitrogens with one attached hydrogen (secondary N) is 1. The first-order valence-electron chi connectivity index (χ1n) is 9.40. The normalized spacial score (nSPS) is 25.8. The van der Waals surface area contributed by atoms with Crippen LogP contribution in [0.25, 0.3) is 11.0 Å². The van der Waals surface area contributed by atoms with Gasteiger partial charge in [0.2, 0.25) is 0 Å². The first kappa shape index (κ1) is 14.4. The number of benzene rings is 1. The summed E-state index contributed by atoms with van der Waals surface area (Å²) in [6.07, 6.45) is 9.70. The van der Waals surface area contributed by atoms with E-state index >= 15 is 0 Å². The number of hydrogen-bond donors (Lipinski definition) is 1. The third kappa shape index (κ3) is 2.31. The maximum Gasteiger partial charge on any atom is 0.251 e. The van der Waals surface area contributed by atoms with Crippen LogP contribution in [0.15, 0.2) is 18.2 Å². The average molecular weight is 321 g/mol. The Bertz CT molecular complexity index is 810. The number of hydrogen-bond acceptors (Lipinski definition) is 3. The van der Waals surface area contributed by atoms with Crippen LogP contribution in [-0.2, 0) is 0 Å². The molecule has 0 saturated heterocycles. The van der Waals surface area contributed by atoms with Crippen molar-refractivity contribution in [3.05, 3.63) is 35.2 Å². The van der Waals surface area contributed by atoms with E-state index in [9.17, 15) is 4.79 Å². The predicted molar refractivity (Wildman–Crippen MR) is 93.2 cm³/mol. The highest BCUT2D eigenvalue weighted by atomic mass is 16.1. The molecule has 2 bridgehead atoms. The largest absolute Gasteiger partial charge is 0.349 e. The summed E-state index contributed by atoms with van der Waals surface area (Å²) in [5, 5.41) is 3.19. The molecule has 1 heterocycles. The minimum absolute atomic E-state index is 0.0348. The van der Waals surface area contributed by atoms with Gasteiger partial charge in [0.05, 0.1) is 22.4 Å². The van der Waals surface area contributed by atoms with Crippen molar-refractivity contribution in [1.82, 2.24) is 15.3 Å². The summed E-state index contributed by atoms with van der Waals surface area (Å²) < 4.78 is 0. The van der Waals surface area contributed by atoms with Crippen LogP contribution in [0.4, 0.5) is 0 Å². The molecule has 0 aliphatic heterocycles. The first-order chi connectivity index (χ1) is 11.8. The van der Waals surface area contributed by atoms with Gasteiger partial charge in [-0.3, -0.25) is 4.79 Å². The molecule has 4 nitrogen and oxygen atoms in total. The van der Waals surface area contributed by atoms with Gasteiger partial charge in [0.1, 0.15) is 0 Å². The van der Waals surface area contributed by atoms with Crippen LogP contribution >= 0.6 is 0 Å². The molecular formula is C20H23N3O. The Morgan fingerprint density at radius 2 is 1.62 bits per heavy atom. The quantitative estimate of drug-likeness (QED) is 0.907. The van der Waals surface area contributed by atoms with Crippen molar-refractivity contribution in [2.75, 3.05) is 0 Å². The molecule has 1 aromatic heterocycles. The van der Waals surface area contributed by atoms with Crippen LogP contribution in [-0.4, -0.2) is 21.9 Å². The Hall–Kier alpha value is -1.97. The second kappa shape index (κ2) is 5.54. The van der Waals surface area contributed by atoms with E-state index in [0.717, 1.165) is 23.9 Å². The smallest absolute Gasteiger partial charge is 0.251 e. The zero-order valence-electron chi connectivity index (χ0n) is 13.9. The van der Waals surface area contributed by atoms with E-state index in [1.807, 2.05) is 18.2 Å². The Labute approximate surface area is 142 Å². The molecule has 3 aliphatic carbocycles. The van der Waals surface area contributed by atoms with Crippen LogP contribution in [0.2, 0.25) is 0 Å². The molecule has 0 radical (unpaired) electrons. The van der Waals surface area contributed by atoms with Crippen molar-refractivity contribution < 1.29 is 4.79 Å². The van der Waals surface area contributed by atoms with Gasteiger partial charge in [-0.25, -0.2) is 9.97 Å². The van der Waals surface area contributed by atoms with Crippen LogP contribution in [0.5, 0.6) is 0 Å². The lowest BCUT2D eigenvalue weighted by Crippen LogP contribution is -2.36. The molecule has 124 valence electrons. The van der Waals surface area contributed by atoms with Crippen molar-refractivity contribution in [2.24, 2.45) is 0 Å². The number of aromatic nitrogens is 2. The fourth-order valence-electron chi connectivity index (χ4n) is 4.82. The monoisotopic (exact) mass is 321 g/mol. The van der Waals surface area contributed by atoms with E-state index < -0.39 is 0 Å². The van der Waals surface area contributed by atoms with Gasteiger partial charge in [0.25, 0.3) is 5.91 Å². The lowest BCUT2D eigenvalue weighted by molar-refractivity contribution is 0.0928. The van der Waals surface area contributed by atoms with Crippen LogP contribution in [0.1, 0.15) is 84.9 Å². The molecule has 2 saturated carbocycles. The van der Waals surface area contributed by atoms with Gasteiger partial charge < -0.3 is 5.32 Å². The molecular weight excluding hydrogens is 298 g/mol. The van der Waals surface area contributed by atoms with E-state index in [1.54, 1.807) is 0 Å². The molecule has 4 heteroatoms. The van der Waals surface area contributed by atoms with Gasteiger partial charge in [-0.05, 0) is 50.3 Å². The zero-order chi connectivity index (χ0) is 16.1. The van der Waals surface area contributed by atoms with Crippen molar-refractivity contribution in [3.63, 3.8) is 0 Å². The number of fused-ring (bicyclic) bond motifs is 6. The summed E-state index contributed by atoms with van der Waals surface area (Å²) in [5.74, 6) is 1.26. The highest BCUT2D eigenvalue weighted by molar-refractivity contribution is 5.97. The molecule has 0 spiro atoms. The zero-order valence-corrected chi connectivity index (χ0v) is 13.9. The van der Waals surface area contributed by atoms with Gasteiger partial charge in [0.15, 0.2) is 0 Å². The standard InChI is InChI=1S/C20H23N3O/c24-20(21-15-4-2-1-3-5-15)14-8-9-16-17(11-14)23-19-13-7-6-12(10-13)18(19)22-16/h8-9,11-13,15H,1-7,10H2,(H,21,24). The van der Waals surface area contributed by atoms with Gasteiger partial charge in [-0.1, -0.05) is 19.3 Å². The lowest BCUT2D eigenvalue weighted by Gasteiger charge is -2.22. The van der Waals surface area contributed by atoms with Gasteiger partial charge >= 0.3 is 0 Å². The summed E-state index contributed by atoms with van der Waals surface area (Å²) in [4.78, 5) is 22.3. The summed E-state index contributed by atoms with van der Waals surface area (Å²) >= 11 is 0. The molecule has 3 aliphatic rings. The minimum Gasteiger partial charge on any atom is -0.349 e. The van der Waals surface area contributed by atoms with Crippen molar-refractivity contribution in [3.8, 4) is 0 Å². The molecule has 1 aromatic carbocycles. The number of carbonyl (C=O) groups excluding carboxylic acids is 1. The van der Waals surface area contributed by atoms with E-state index in [1.165, 1.54) is 49.9 Å². The van der Waals surface area contributed by atoms with Crippen LogP contribution in [0.3, 0.4) is 0 Å². The molecule has 24 heavy (non-hydrogen) atoms. The Morgan fingerprint density at radius 3 is 2.38 bits per heavy atom. The summed E-state index contributed by atoms with van der Waals surface area (Å²) in [5.41, 5.74) is 4.93. The van der Waals surface area contributed by atoms with E-state index in [2.05, 4.69) is 5.32 Å². The minimum atomic E-state index is 0.0348. The maximum absolute atomic E-state index is 12.6. The summed E-state index contributed by atoms with van der Waals surface area (Å²) in [7, 11) is 0. The third-order valence-corrected chi connectivity index (χ3v) is 6.13. The van der Waals surface area contributed by atoms with E-state index in [0.29, 0.717) is 23.4 Å². The van der Waals surface area contributed by atoms with Crippen LogP contribution < -0.4 is 5.32 Å². The fourth-order valence-corrected chi connectivity index (χ4v) is 4.82. The predicted octanol–water partition coefficient (Wildman–Crippen LogP) is 4.06. The number of nitrogens with zero attached hydrogens (tertiary/aromatic N) is 2. The number of carbonyl (C=O) groups is 1. The highest BCUT2D eigenvalue weighted by Crippen LogP contribution is 2.51. The molecule has 2 unspecified atom stereocenters. The molecule has 1 N–H and O–H groups in total. The second-order valence-corrected chi connectivity index (χ2v) is 7.71. The fraction of sp³-hybridized carbons (Fsp3) is 0.550. The average Bonchev–Trinajstić information content (AvgIpc) is 3.22. The number of amides is 1. The van der Waals surface area contributed by atoms with Crippen molar-refractivity contribution in [1.29, 1.82) is 0 Å². The number of rotatable bonds is 2. The highest BCUT2D eigenvalue weighted by Gasteiger charge is 2.39. The SMILES string of the molecule is O=C(NC1CCCCC1)c1ccc2nc3c(nc2c1)C1CCC3C1. The maximum atomic E-state index is 12.6. The van der Waals surface area contributed by atoms with Crippen molar-refractivity contribution >= 4 is 16.9 Å². The van der Waals surface area contributed by atoms with Gasteiger partial charge in [-0.15, -0.1) is 0 Å². The molecule has 5 rings (SSSR count). The Morgan fingerprint density at radius 1 is 0.917 bits per heavy atom. The van der Waals surface area contributed by atoms with E-state index in [-0.39, 0.29) is 5.91 Å².